The molecular weight excluding hydrogens is 193 g/mol. The van der Waals surface area contributed by atoms with Crippen molar-refractivity contribution in [2.75, 3.05) is 0 Å². The molecule has 0 fully saturated rings. The number of aromatic amines is 1. The second-order valence-corrected chi connectivity index (χ2v) is 2.85. The van der Waals surface area contributed by atoms with Gasteiger partial charge >= 0.3 is 0 Å². The van der Waals surface area contributed by atoms with E-state index in [0.717, 1.165) is 6.07 Å². The fourth-order valence-electron chi connectivity index (χ4n) is 1.05. The Morgan fingerprint density at radius 3 is 3.00 bits per heavy atom. The van der Waals surface area contributed by atoms with Crippen LogP contribution < -0.4 is 5.56 Å². The van der Waals surface area contributed by atoms with Gasteiger partial charge < -0.3 is 4.42 Å². The van der Waals surface area contributed by atoms with Gasteiger partial charge in [0.25, 0.3) is 10.4 Å². The molecule has 1 aromatic carbocycles. The van der Waals surface area contributed by atoms with E-state index in [9.17, 15) is 9.18 Å². The van der Waals surface area contributed by atoms with Crippen molar-refractivity contribution >= 4 is 23.2 Å². The number of aromatic nitrogens is 1. The highest BCUT2D eigenvalue weighted by molar-refractivity contribution is 7.71. The minimum Gasteiger partial charge on any atom is -0.431 e. The highest BCUT2D eigenvalue weighted by atomic mass is 32.1. The van der Waals surface area contributed by atoms with Crippen molar-refractivity contribution in [2.45, 2.75) is 0 Å². The topological polar surface area (TPSA) is 46.0 Å². The molecule has 3 nitrogen and oxygen atoms in total. The monoisotopic (exact) mass is 197 g/mol. The molecule has 0 atom stereocenters. The van der Waals surface area contributed by atoms with Crippen LogP contribution in [-0.4, -0.2) is 4.98 Å². The highest BCUT2D eigenvalue weighted by Crippen LogP contribution is 2.10. The van der Waals surface area contributed by atoms with E-state index in [2.05, 4.69) is 17.2 Å². The van der Waals surface area contributed by atoms with E-state index in [1.54, 1.807) is 0 Å². The molecule has 0 radical (unpaired) electrons. The van der Waals surface area contributed by atoms with Crippen LogP contribution in [0.25, 0.3) is 11.0 Å². The van der Waals surface area contributed by atoms with Crippen LogP contribution in [0, 0.1) is 10.7 Å². The van der Waals surface area contributed by atoms with E-state index in [1.807, 2.05) is 0 Å². The van der Waals surface area contributed by atoms with Crippen molar-refractivity contribution < 1.29 is 8.81 Å². The lowest BCUT2D eigenvalue weighted by Crippen LogP contribution is -2.05. The first-order valence-electron chi connectivity index (χ1n) is 3.49. The van der Waals surface area contributed by atoms with Crippen molar-refractivity contribution in [1.29, 1.82) is 0 Å². The largest absolute Gasteiger partial charge is 0.431 e. The van der Waals surface area contributed by atoms with Crippen molar-refractivity contribution in [1.82, 2.24) is 4.98 Å². The molecule has 66 valence electrons. The van der Waals surface area contributed by atoms with E-state index >= 15 is 0 Å². The number of rotatable bonds is 0. The van der Waals surface area contributed by atoms with Crippen molar-refractivity contribution in [3.05, 3.63) is 39.2 Å². The molecule has 1 heterocycles. The molecule has 0 aliphatic carbocycles. The second kappa shape index (κ2) is 2.77. The standard InChI is InChI=1S/C8H4FNO2S/c9-4-1-2-5-6(3-4)12-8(13)10-7(5)11/h1-3H,(H,10,11,13). The van der Waals surface area contributed by atoms with Gasteiger partial charge in [-0.25, -0.2) is 4.39 Å². The molecule has 2 rings (SSSR count). The Morgan fingerprint density at radius 2 is 2.23 bits per heavy atom. The Morgan fingerprint density at radius 1 is 1.46 bits per heavy atom. The van der Waals surface area contributed by atoms with E-state index in [1.165, 1.54) is 12.1 Å². The molecule has 1 aromatic heterocycles. The second-order valence-electron chi connectivity index (χ2n) is 2.48. The first-order chi connectivity index (χ1) is 6.16. The summed E-state index contributed by atoms with van der Waals surface area (Å²) in [4.78, 5) is 13.5. The van der Waals surface area contributed by atoms with Gasteiger partial charge in [0.1, 0.15) is 11.4 Å². The Kier molecular flexibility index (Phi) is 1.73. The maximum atomic E-state index is 12.7. The summed E-state index contributed by atoms with van der Waals surface area (Å²) in [5, 5.41) is 0.287. The average Bonchev–Trinajstić information content (AvgIpc) is 2.02. The summed E-state index contributed by atoms with van der Waals surface area (Å²) < 4.78 is 17.6. The van der Waals surface area contributed by atoms with Crippen LogP contribution in [-0.2, 0) is 0 Å². The van der Waals surface area contributed by atoms with Gasteiger partial charge in [-0.1, -0.05) is 0 Å². The van der Waals surface area contributed by atoms with Crippen LogP contribution in [0.4, 0.5) is 4.39 Å². The van der Waals surface area contributed by atoms with Gasteiger partial charge in [0.2, 0.25) is 0 Å². The number of hydrogen-bond donors (Lipinski definition) is 1. The smallest absolute Gasteiger partial charge is 0.269 e. The van der Waals surface area contributed by atoms with Crippen molar-refractivity contribution in [3.8, 4) is 0 Å². The molecule has 1 N–H and O–H groups in total. The number of benzene rings is 1. The third kappa shape index (κ3) is 1.38. The Balaban J connectivity index is 3.03. The van der Waals surface area contributed by atoms with Gasteiger partial charge in [-0.15, -0.1) is 0 Å². The zero-order valence-electron chi connectivity index (χ0n) is 6.33. The molecule has 13 heavy (non-hydrogen) atoms. The minimum absolute atomic E-state index is 0.0527. The molecule has 0 aliphatic heterocycles. The van der Waals surface area contributed by atoms with Crippen LogP contribution in [0.3, 0.4) is 0 Å². The van der Waals surface area contributed by atoms with Crippen LogP contribution >= 0.6 is 12.2 Å². The molecule has 2 aromatic rings. The summed E-state index contributed by atoms with van der Waals surface area (Å²) in [6, 6.07) is 3.66. The summed E-state index contributed by atoms with van der Waals surface area (Å²) in [6.07, 6.45) is 0. The quantitative estimate of drug-likeness (QED) is 0.657. The first-order valence-corrected chi connectivity index (χ1v) is 3.90. The zero-order chi connectivity index (χ0) is 9.42. The average molecular weight is 197 g/mol. The maximum absolute atomic E-state index is 12.7. The summed E-state index contributed by atoms with van der Waals surface area (Å²) in [5.74, 6) is -0.462. The summed E-state index contributed by atoms with van der Waals surface area (Å²) in [7, 11) is 0. The van der Waals surface area contributed by atoms with Gasteiger partial charge in [0.05, 0.1) is 5.39 Å². The number of hydrogen-bond acceptors (Lipinski definition) is 3. The zero-order valence-corrected chi connectivity index (χ0v) is 7.15. The highest BCUT2D eigenvalue weighted by Gasteiger charge is 2.01. The van der Waals surface area contributed by atoms with Gasteiger partial charge in [-0.05, 0) is 24.4 Å². The fraction of sp³-hybridized carbons (Fsp3) is 0. The molecule has 0 unspecified atom stereocenters. The summed E-state index contributed by atoms with van der Waals surface area (Å²) in [6.45, 7) is 0. The molecular formula is C8H4FNO2S. The first kappa shape index (κ1) is 8.12. The lowest BCUT2D eigenvalue weighted by atomic mass is 10.2. The predicted molar refractivity (Wildman–Crippen MR) is 47.6 cm³/mol. The van der Waals surface area contributed by atoms with Crippen LogP contribution in [0.5, 0.6) is 0 Å². The van der Waals surface area contributed by atoms with Gasteiger partial charge in [0.15, 0.2) is 0 Å². The van der Waals surface area contributed by atoms with Gasteiger partial charge in [-0.3, -0.25) is 9.78 Å². The van der Waals surface area contributed by atoms with Crippen LogP contribution in [0.15, 0.2) is 27.4 Å². The third-order valence-corrected chi connectivity index (χ3v) is 1.79. The third-order valence-electron chi connectivity index (χ3n) is 1.61. The lowest BCUT2D eigenvalue weighted by molar-refractivity contribution is 0.550. The van der Waals surface area contributed by atoms with Crippen LogP contribution in [0.1, 0.15) is 0 Å². The van der Waals surface area contributed by atoms with E-state index in [0.29, 0.717) is 0 Å². The van der Waals surface area contributed by atoms with Gasteiger partial charge in [-0.2, -0.15) is 0 Å². The Hall–Kier alpha value is -1.49. The molecule has 5 heteroatoms. The fourth-order valence-corrected chi connectivity index (χ4v) is 1.24. The molecule has 0 aliphatic rings. The van der Waals surface area contributed by atoms with E-state index in [-0.39, 0.29) is 21.4 Å². The molecule has 0 amide bonds. The number of H-pyrrole nitrogens is 1. The summed E-state index contributed by atoms with van der Waals surface area (Å²) >= 11 is 4.63. The Labute approximate surface area is 76.8 Å². The minimum atomic E-state index is -0.462. The normalized spacial score (nSPS) is 10.5. The summed E-state index contributed by atoms with van der Waals surface area (Å²) in [5.41, 5.74) is -0.208. The maximum Gasteiger partial charge on any atom is 0.269 e. The number of nitrogens with one attached hydrogen (secondary N) is 1. The molecule has 0 saturated carbocycles. The molecule has 0 saturated heterocycles. The number of fused-ring (bicyclic) bond motifs is 1. The Bertz CT molecular complexity index is 572. The lowest BCUT2D eigenvalue weighted by Gasteiger charge is -1.94. The van der Waals surface area contributed by atoms with Crippen molar-refractivity contribution in [2.24, 2.45) is 0 Å². The SMILES string of the molecule is O=c1[nH]c(=S)oc2cc(F)ccc12. The number of halogens is 1. The van der Waals surface area contributed by atoms with E-state index in [4.69, 9.17) is 4.42 Å². The van der Waals surface area contributed by atoms with Gasteiger partial charge in [0, 0.05) is 6.07 Å². The predicted octanol–water partition coefficient (Wildman–Crippen LogP) is 1.99. The molecule has 0 spiro atoms. The van der Waals surface area contributed by atoms with E-state index < -0.39 is 5.82 Å². The van der Waals surface area contributed by atoms with Crippen LogP contribution in [0.2, 0.25) is 0 Å². The molecule has 0 bridgehead atoms. The van der Waals surface area contributed by atoms with Crippen molar-refractivity contribution in [3.63, 3.8) is 0 Å².